The lowest BCUT2D eigenvalue weighted by Gasteiger charge is -2.12. The van der Waals surface area contributed by atoms with Crippen LogP contribution in [0.1, 0.15) is 5.56 Å². The van der Waals surface area contributed by atoms with E-state index in [1.165, 1.54) is 19.2 Å². The summed E-state index contributed by atoms with van der Waals surface area (Å²) >= 11 is 5.85. The van der Waals surface area contributed by atoms with Crippen LogP contribution in [0, 0.1) is 6.92 Å². The van der Waals surface area contributed by atoms with Gasteiger partial charge < -0.3 is 4.74 Å². The van der Waals surface area contributed by atoms with Crippen molar-refractivity contribution in [3.63, 3.8) is 0 Å². The Labute approximate surface area is 123 Å². The van der Waals surface area contributed by atoms with Gasteiger partial charge in [-0.3, -0.25) is 4.72 Å². The molecule has 20 heavy (non-hydrogen) atoms. The molecule has 0 aliphatic rings. The number of ether oxygens (including phenoxy) is 1. The third-order valence-corrected chi connectivity index (χ3v) is 4.26. The van der Waals surface area contributed by atoms with Crippen molar-refractivity contribution in [2.24, 2.45) is 0 Å². The topological polar surface area (TPSA) is 55.4 Å². The number of methoxy groups -OCH3 is 1. The average Bonchev–Trinajstić information content (AvgIpc) is 2.41. The fourth-order valence-electron chi connectivity index (χ4n) is 1.64. The number of anilines is 1. The third-order valence-electron chi connectivity index (χ3n) is 2.62. The van der Waals surface area contributed by atoms with Crippen molar-refractivity contribution in [1.29, 1.82) is 0 Å². The van der Waals surface area contributed by atoms with Crippen LogP contribution in [0.2, 0.25) is 5.02 Å². The van der Waals surface area contributed by atoms with Crippen LogP contribution < -0.4 is 9.46 Å². The van der Waals surface area contributed by atoms with Gasteiger partial charge in [0.25, 0.3) is 10.0 Å². The predicted octanol–water partition coefficient (Wildman–Crippen LogP) is 3.33. The maximum atomic E-state index is 12.4. The molecule has 0 atom stereocenters. The number of hydrogen-bond donors (Lipinski definition) is 1. The lowest BCUT2D eigenvalue weighted by atomic mass is 10.2. The van der Waals surface area contributed by atoms with Gasteiger partial charge in [0, 0.05) is 10.7 Å². The molecule has 1 radical (unpaired) electrons. The highest BCUT2D eigenvalue weighted by molar-refractivity contribution is 7.92. The molecule has 6 heteroatoms. The molecule has 0 aliphatic carbocycles. The predicted molar refractivity (Wildman–Crippen MR) is 79.7 cm³/mol. The second-order valence-electron chi connectivity index (χ2n) is 4.10. The van der Waals surface area contributed by atoms with Crippen molar-refractivity contribution in [2.75, 3.05) is 11.8 Å². The van der Waals surface area contributed by atoms with Gasteiger partial charge in [-0.2, -0.15) is 0 Å². The highest BCUT2D eigenvalue weighted by Crippen LogP contribution is 2.28. The van der Waals surface area contributed by atoms with E-state index in [1.807, 2.05) is 0 Å². The molecular formula is C14H13ClNO3S. The molecule has 0 aliphatic heterocycles. The van der Waals surface area contributed by atoms with E-state index in [0.717, 1.165) is 5.56 Å². The molecule has 2 rings (SSSR count). The lowest BCUT2D eigenvalue weighted by Crippen LogP contribution is -2.14. The van der Waals surface area contributed by atoms with Gasteiger partial charge in [-0.1, -0.05) is 23.7 Å². The Morgan fingerprint density at radius 3 is 2.40 bits per heavy atom. The highest BCUT2D eigenvalue weighted by Gasteiger charge is 2.20. The first kappa shape index (κ1) is 14.7. The smallest absolute Gasteiger partial charge is 0.265 e. The van der Waals surface area contributed by atoms with Gasteiger partial charge in [0.2, 0.25) is 0 Å². The average molecular weight is 311 g/mol. The van der Waals surface area contributed by atoms with E-state index in [0.29, 0.717) is 10.7 Å². The van der Waals surface area contributed by atoms with Crippen LogP contribution in [0.25, 0.3) is 0 Å². The quantitative estimate of drug-likeness (QED) is 0.942. The highest BCUT2D eigenvalue weighted by atomic mass is 35.5. The molecule has 105 valence electrons. The van der Waals surface area contributed by atoms with Gasteiger partial charge in [-0.05, 0) is 42.8 Å². The van der Waals surface area contributed by atoms with Gasteiger partial charge in [0.15, 0.2) is 0 Å². The molecule has 0 aromatic heterocycles. The van der Waals surface area contributed by atoms with E-state index in [9.17, 15) is 8.42 Å². The number of nitrogens with one attached hydrogen (secondary N) is 1. The van der Waals surface area contributed by atoms with E-state index in [2.05, 4.69) is 11.6 Å². The summed E-state index contributed by atoms with van der Waals surface area (Å²) in [6.07, 6.45) is 0. The summed E-state index contributed by atoms with van der Waals surface area (Å²) < 4.78 is 32.2. The number of sulfonamides is 1. The molecule has 2 aromatic carbocycles. The fourth-order valence-corrected chi connectivity index (χ4v) is 3.13. The molecule has 4 nitrogen and oxygen atoms in total. The van der Waals surface area contributed by atoms with Gasteiger partial charge in [-0.25, -0.2) is 8.42 Å². The van der Waals surface area contributed by atoms with Crippen molar-refractivity contribution in [1.82, 2.24) is 0 Å². The Morgan fingerprint density at radius 2 is 1.80 bits per heavy atom. The summed E-state index contributed by atoms with van der Waals surface area (Å²) in [7, 11) is -2.37. The van der Waals surface area contributed by atoms with Gasteiger partial charge in [0.1, 0.15) is 10.6 Å². The molecule has 0 saturated heterocycles. The summed E-state index contributed by atoms with van der Waals surface area (Å²) in [4.78, 5) is -0.00815. The largest absolute Gasteiger partial charge is 0.495 e. The lowest BCUT2D eigenvalue weighted by molar-refractivity contribution is 0.403. The minimum absolute atomic E-state index is 0.00815. The van der Waals surface area contributed by atoms with E-state index >= 15 is 0 Å². The summed E-state index contributed by atoms with van der Waals surface area (Å²) in [6, 6.07) is 11.1. The first-order chi connectivity index (χ1) is 9.42. The van der Waals surface area contributed by atoms with Crippen molar-refractivity contribution >= 4 is 27.3 Å². The Kier molecular flexibility index (Phi) is 4.20. The molecule has 0 amide bonds. The van der Waals surface area contributed by atoms with Crippen LogP contribution in [0.4, 0.5) is 5.69 Å². The van der Waals surface area contributed by atoms with Crippen molar-refractivity contribution in [2.45, 2.75) is 4.90 Å². The number of hydrogen-bond acceptors (Lipinski definition) is 3. The molecule has 0 bridgehead atoms. The van der Waals surface area contributed by atoms with Crippen LogP contribution in [-0.4, -0.2) is 15.5 Å². The van der Waals surface area contributed by atoms with Crippen LogP contribution in [0.5, 0.6) is 5.75 Å². The standard InChI is InChI=1S/C14H13ClNO3S/c1-10-3-6-12(7-4-10)16-20(17,18)14-9-11(15)5-8-13(14)19-2/h3-9,16H,1H2,2H3. The maximum absolute atomic E-state index is 12.4. The minimum Gasteiger partial charge on any atom is -0.495 e. The monoisotopic (exact) mass is 310 g/mol. The normalized spacial score (nSPS) is 11.2. The Bertz CT molecular complexity index is 712. The van der Waals surface area contributed by atoms with Crippen molar-refractivity contribution < 1.29 is 13.2 Å². The zero-order chi connectivity index (χ0) is 14.8. The number of rotatable bonds is 4. The van der Waals surface area contributed by atoms with E-state index in [4.69, 9.17) is 16.3 Å². The molecule has 1 N–H and O–H groups in total. The summed E-state index contributed by atoms with van der Waals surface area (Å²) in [6.45, 7) is 3.74. The Morgan fingerprint density at radius 1 is 1.15 bits per heavy atom. The third kappa shape index (κ3) is 3.23. The molecule has 0 fully saturated rings. The Hall–Kier alpha value is -1.72. The first-order valence-electron chi connectivity index (χ1n) is 5.71. The first-order valence-corrected chi connectivity index (χ1v) is 7.57. The summed E-state index contributed by atoms with van der Waals surface area (Å²) in [5.41, 5.74) is 1.24. The van der Waals surface area contributed by atoms with E-state index < -0.39 is 10.0 Å². The molecule has 0 heterocycles. The van der Waals surface area contributed by atoms with Crippen molar-refractivity contribution in [3.8, 4) is 5.75 Å². The zero-order valence-electron chi connectivity index (χ0n) is 10.8. The van der Waals surface area contributed by atoms with Crippen LogP contribution in [0.3, 0.4) is 0 Å². The molecule has 0 saturated carbocycles. The van der Waals surface area contributed by atoms with E-state index in [-0.39, 0.29) is 10.6 Å². The summed E-state index contributed by atoms with van der Waals surface area (Å²) in [5, 5.41) is 0.319. The Balaban J connectivity index is 2.40. The maximum Gasteiger partial charge on any atom is 0.265 e. The van der Waals surface area contributed by atoms with Gasteiger partial charge >= 0.3 is 0 Å². The second kappa shape index (κ2) is 5.73. The molecule has 0 unspecified atom stereocenters. The molecule has 0 spiro atoms. The second-order valence-corrected chi connectivity index (χ2v) is 6.18. The zero-order valence-corrected chi connectivity index (χ0v) is 12.3. The number of halogens is 1. The summed E-state index contributed by atoms with van der Waals surface area (Å²) in [5.74, 6) is 0.232. The SMILES string of the molecule is [CH2]c1ccc(NS(=O)(=O)c2cc(Cl)ccc2OC)cc1. The van der Waals surface area contributed by atoms with Crippen LogP contribution in [-0.2, 0) is 10.0 Å². The van der Waals surface area contributed by atoms with Gasteiger partial charge in [-0.15, -0.1) is 0 Å². The molecular weight excluding hydrogens is 298 g/mol. The van der Waals surface area contributed by atoms with Crippen molar-refractivity contribution in [3.05, 3.63) is 60.0 Å². The van der Waals surface area contributed by atoms with E-state index in [1.54, 1.807) is 30.3 Å². The number of benzene rings is 2. The van der Waals surface area contributed by atoms with Crippen LogP contribution >= 0.6 is 11.6 Å². The van der Waals surface area contributed by atoms with Gasteiger partial charge in [0.05, 0.1) is 7.11 Å². The fraction of sp³-hybridized carbons (Fsp3) is 0.0714. The molecule has 2 aromatic rings. The minimum atomic E-state index is -3.77. The van der Waals surface area contributed by atoms with Crippen LogP contribution in [0.15, 0.2) is 47.4 Å².